The van der Waals surface area contributed by atoms with E-state index >= 15 is 0 Å². The van der Waals surface area contributed by atoms with E-state index in [9.17, 15) is 13.2 Å². The molecule has 7 nitrogen and oxygen atoms in total. The lowest BCUT2D eigenvalue weighted by atomic mass is 10.3. The molecule has 17 heavy (non-hydrogen) atoms. The minimum atomic E-state index is -3.88. The van der Waals surface area contributed by atoms with Crippen LogP contribution in [0.3, 0.4) is 0 Å². The molecule has 1 saturated heterocycles. The highest BCUT2D eigenvalue weighted by Gasteiger charge is 2.38. The molecule has 0 aromatic carbocycles. The number of ether oxygens (including phenoxy) is 1. The highest BCUT2D eigenvalue weighted by molar-refractivity contribution is 8.00. The molecule has 0 unspecified atom stereocenters. The maximum atomic E-state index is 11.7. The predicted molar refractivity (Wildman–Crippen MR) is 60.9 cm³/mol. The Kier molecular flexibility index (Phi) is 3.34. The first-order chi connectivity index (χ1) is 7.94. The third-order valence-corrected chi connectivity index (χ3v) is 4.79. The Bertz CT molecular complexity index is 461. The van der Waals surface area contributed by atoms with E-state index in [1.807, 2.05) is 4.72 Å². The number of amides is 1. The maximum absolute atomic E-state index is 11.7. The second-order valence-corrected chi connectivity index (χ2v) is 6.38. The van der Waals surface area contributed by atoms with Gasteiger partial charge in [-0.25, -0.2) is 9.03 Å². The second-order valence-electron chi connectivity index (χ2n) is 3.61. The number of aliphatic hydroxyl groups excluding tert-OH is 1. The van der Waals surface area contributed by atoms with Crippen LogP contribution in [0.25, 0.3) is 0 Å². The Balaban J connectivity index is 2.23. The molecule has 0 radical (unpaired) electrons. The van der Waals surface area contributed by atoms with Gasteiger partial charge < -0.3 is 9.84 Å². The molecular formula is C8H12N2O5S2. The van der Waals surface area contributed by atoms with Gasteiger partial charge in [0, 0.05) is 17.5 Å². The number of carbonyl (C=O) groups excluding carboxylic acids is 1. The molecule has 9 heteroatoms. The van der Waals surface area contributed by atoms with Crippen molar-refractivity contribution in [3.05, 3.63) is 11.8 Å². The molecule has 2 heterocycles. The third-order valence-electron chi connectivity index (χ3n) is 2.34. The van der Waals surface area contributed by atoms with Gasteiger partial charge in [-0.3, -0.25) is 4.79 Å². The molecule has 2 atom stereocenters. The highest BCUT2D eigenvalue weighted by atomic mass is 32.2. The van der Waals surface area contributed by atoms with Gasteiger partial charge in [0.05, 0.1) is 6.61 Å². The largest absolute Gasteiger partial charge is 0.393 e. The molecule has 0 aromatic heterocycles. The molecule has 1 amide bonds. The van der Waals surface area contributed by atoms with Crippen LogP contribution in [0, 0.1) is 0 Å². The van der Waals surface area contributed by atoms with Crippen LogP contribution >= 0.6 is 11.8 Å². The summed E-state index contributed by atoms with van der Waals surface area (Å²) in [5, 5.41) is 8.91. The Labute approximate surface area is 103 Å². The summed E-state index contributed by atoms with van der Waals surface area (Å²) in [5.41, 5.74) is -0.137. The van der Waals surface area contributed by atoms with Crippen LogP contribution in [0.2, 0.25) is 0 Å². The van der Waals surface area contributed by atoms with E-state index < -0.39 is 27.8 Å². The quantitative estimate of drug-likeness (QED) is 0.672. The zero-order valence-electron chi connectivity index (χ0n) is 8.99. The molecule has 2 rings (SSSR count). The zero-order valence-corrected chi connectivity index (χ0v) is 10.6. The summed E-state index contributed by atoms with van der Waals surface area (Å²) in [6.07, 6.45) is 0.553. The molecule has 0 spiro atoms. The molecule has 1 fully saturated rings. The van der Waals surface area contributed by atoms with E-state index in [4.69, 9.17) is 9.84 Å². The standard InChI is InChI=1S/C8H12N2O5S2/c1-5-2-10(17(13,14)9-8(5)12)6-4-16-7(3-11)15-6/h2,6-7,11H,3-4H2,1H3,(H,9,12)/t6-,7-/m0/s1. The monoisotopic (exact) mass is 280 g/mol. The summed E-state index contributed by atoms with van der Waals surface area (Å²) in [5.74, 6) is -0.227. The number of thioether (sulfide) groups is 1. The number of hydrogen-bond acceptors (Lipinski definition) is 6. The van der Waals surface area contributed by atoms with Crippen molar-refractivity contribution < 1.29 is 23.1 Å². The molecule has 2 aliphatic rings. The highest BCUT2D eigenvalue weighted by Crippen LogP contribution is 2.29. The lowest BCUT2D eigenvalue weighted by Gasteiger charge is -2.29. The first kappa shape index (κ1) is 12.7. The van der Waals surface area contributed by atoms with Gasteiger partial charge >= 0.3 is 10.2 Å². The van der Waals surface area contributed by atoms with E-state index in [-0.39, 0.29) is 6.61 Å². The van der Waals surface area contributed by atoms with Gasteiger partial charge in [-0.1, -0.05) is 0 Å². The van der Waals surface area contributed by atoms with Gasteiger partial charge in [0.15, 0.2) is 6.23 Å². The SMILES string of the molecule is CC1=CN([C@@H]2CS[C@@H](CO)O2)S(=O)(=O)NC1=O. The summed E-state index contributed by atoms with van der Waals surface area (Å²) in [4.78, 5) is 11.2. The van der Waals surface area contributed by atoms with Crippen LogP contribution in [-0.2, 0) is 19.7 Å². The Morgan fingerprint density at radius 3 is 3.00 bits per heavy atom. The lowest BCUT2D eigenvalue weighted by Crippen LogP contribution is -2.50. The minimum absolute atomic E-state index is 0.176. The van der Waals surface area contributed by atoms with Crippen LogP contribution in [0.15, 0.2) is 11.8 Å². The number of carbonyl (C=O) groups is 1. The van der Waals surface area contributed by atoms with Crippen molar-refractivity contribution in [3.63, 3.8) is 0 Å². The average Bonchev–Trinajstić information content (AvgIpc) is 2.71. The molecule has 0 aromatic rings. The molecule has 2 N–H and O–H groups in total. The van der Waals surface area contributed by atoms with Crippen molar-refractivity contribution in [1.29, 1.82) is 0 Å². The van der Waals surface area contributed by atoms with Crippen molar-refractivity contribution in [1.82, 2.24) is 9.03 Å². The molecule has 2 aliphatic heterocycles. The summed E-state index contributed by atoms with van der Waals surface area (Å²) in [7, 11) is -3.88. The molecular weight excluding hydrogens is 268 g/mol. The summed E-state index contributed by atoms with van der Waals surface area (Å²) < 4.78 is 31.7. The van der Waals surface area contributed by atoms with Crippen molar-refractivity contribution in [3.8, 4) is 0 Å². The number of hydrogen-bond donors (Lipinski definition) is 2. The molecule has 0 bridgehead atoms. The number of nitrogens with zero attached hydrogens (tertiary/aromatic N) is 1. The Morgan fingerprint density at radius 1 is 1.71 bits per heavy atom. The third kappa shape index (κ3) is 2.41. The van der Waals surface area contributed by atoms with Gasteiger partial charge in [-0.15, -0.1) is 11.8 Å². The van der Waals surface area contributed by atoms with Crippen molar-refractivity contribution in [2.75, 3.05) is 12.4 Å². The van der Waals surface area contributed by atoms with Gasteiger partial charge in [0.25, 0.3) is 5.91 Å². The summed E-state index contributed by atoms with van der Waals surface area (Å²) in [6.45, 7) is 1.34. The Morgan fingerprint density at radius 2 is 2.41 bits per heavy atom. The normalized spacial score (nSPS) is 32.2. The molecule has 0 aliphatic carbocycles. The van der Waals surface area contributed by atoms with Gasteiger partial charge in [0.1, 0.15) is 5.44 Å². The van der Waals surface area contributed by atoms with E-state index in [1.54, 1.807) is 0 Å². The first-order valence-electron chi connectivity index (χ1n) is 4.86. The van der Waals surface area contributed by atoms with Crippen LogP contribution in [0.1, 0.15) is 6.92 Å². The summed E-state index contributed by atoms with van der Waals surface area (Å²) in [6, 6.07) is 0. The van der Waals surface area contributed by atoms with E-state index in [0.29, 0.717) is 11.3 Å². The van der Waals surface area contributed by atoms with Gasteiger partial charge in [-0.05, 0) is 6.92 Å². The first-order valence-corrected chi connectivity index (χ1v) is 7.35. The second kappa shape index (κ2) is 4.48. The summed E-state index contributed by atoms with van der Waals surface area (Å²) >= 11 is 1.33. The van der Waals surface area contributed by atoms with Gasteiger partial charge in [0.2, 0.25) is 0 Å². The lowest BCUT2D eigenvalue weighted by molar-refractivity contribution is -0.116. The van der Waals surface area contributed by atoms with Crippen LogP contribution in [-0.4, -0.2) is 47.8 Å². The van der Waals surface area contributed by atoms with Crippen molar-refractivity contribution in [2.24, 2.45) is 0 Å². The fourth-order valence-electron chi connectivity index (χ4n) is 1.48. The van der Waals surface area contributed by atoms with E-state index in [2.05, 4.69) is 0 Å². The van der Waals surface area contributed by atoms with Crippen molar-refractivity contribution in [2.45, 2.75) is 18.6 Å². The minimum Gasteiger partial charge on any atom is -0.393 e. The molecule has 0 saturated carbocycles. The zero-order chi connectivity index (χ0) is 12.6. The van der Waals surface area contributed by atoms with Crippen molar-refractivity contribution >= 4 is 27.9 Å². The number of rotatable bonds is 2. The predicted octanol–water partition coefficient (Wildman–Crippen LogP) is -1.03. The van der Waals surface area contributed by atoms with E-state index in [1.165, 1.54) is 24.9 Å². The van der Waals surface area contributed by atoms with Crippen LogP contribution in [0.5, 0.6) is 0 Å². The van der Waals surface area contributed by atoms with Crippen LogP contribution < -0.4 is 4.72 Å². The van der Waals surface area contributed by atoms with E-state index in [0.717, 1.165) is 4.31 Å². The van der Waals surface area contributed by atoms with Gasteiger partial charge in [-0.2, -0.15) is 8.42 Å². The molecule has 96 valence electrons. The fourth-order valence-corrected chi connectivity index (χ4v) is 3.74. The Hall–Kier alpha value is -0.770. The topological polar surface area (TPSA) is 95.9 Å². The number of nitrogens with one attached hydrogen (secondary N) is 1. The average molecular weight is 280 g/mol. The maximum Gasteiger partial charge on any atom is 0.328 e. The smallest absolute Gasteiger partial charge is 0.328 e. The van der Waals surface area contributed by atoms with Crippen LogP contribution in [0.4, 0.5) is 0 Å². The fraction of sp³-hybridized carbons (Fsp3) is 0.625. The number of aliphatic hydroxyl groups is 1.